The minimum absolute atomic E-state index is 0.0820. The van der Waals surface area contributed by atoms with Gasteiger partial charge in [0.1, 0.15) is 0 Å². The molecule has 6 heteroatoms. The molecule has 0 spiro atoms. The van der Waals surface area contributed by atoms with E-state index in [0.717, 1.165) is 29.7 Å². The third kappa shape index (κ3) is 5.25. The van der Waals surface area contributed by atoms with Crippen LogP contribution < -0.4 is 14.8 Å². The molecule has 0 atom stereocenters. The standard InChI is InChI=1S/C22H26N2O4/c1-16-8-9-19(20(11-16)27-2)28-15-21(25)23-13-17-5-3-6-18(12-17)14-24-10-4-7-22(24)26/h3,5-6,8-9,11-12H,4,7,10,13-15H2,1-2H3,(H,23,25). The zero-order chi connectivity index (χ0) is 19.9. The summed E-state index contributed by atoms with van der Waals surface area (Å²) in [5.74, 6) is 1.16. The van der Waals surface area contributed by atoms with Crippen molar-refractivity contribution in [2.24, 2.45) is 0 Å². The van der Waals surface area contributed by atoms with Crippen LogP contribution in [0.15, 0.2) is 42.5 Å². The first-order valence-corrected chi connectivity index (χ1v) is 9.45. The lowest BCUT2D eigenvalue weighted by Gasteiger charge is -2.16. The smallest absolute Gasteiger partial charge is 0.258 e. The van der Waals surface area contributed by atoms with Crippen LogP contribution in [-0.4, -0.2) is 37.0 Å². The van der Waals surface area contributed by atoms with Gasteiger partial charge in [-0.05, 0) is 42.2 Å². The molecule has 3 rings (SSSR count). The highest BCUT2D eigenvalue weighted by Gasteiger charge is 2.19. The highest BCUT2D eigenvalue weighted by molar-refractivity contribution is 5.78. The molecule has 1 aliphatic rings. The normalized spacial score (nSPS) is 13.5. The van der Waals surface area contributed by atoms with E-state index in [0.29, 0.717) is 31.0 Å². The first-order valence-electron chi connectivity index (χ1n) is 9.45. The van der Waals surface area contributed by atoms with Crippen molar-refractivity contribution in [1.29, 1.82) is 0 Å². The van der Waals surface area contributed by atoms with Gasteiger partial charge in [0.25, 0.3) is 5.91 Å². The number of methoxy groups -OCH3 is 1. The lowest BCUT2D eigenvalue weighted by molar-refractivity contribution is -0.128. The number of hydrogen-bond donors (Lipinski definition) is 1. The Bertz CT molecular complexity index is 850. The monoisotopic (exact) mass is 382 g/mol. The van der Waals surface area contributed by atoms with Crippen molar-refractivity contribution in [3.05, 3.63) is 59.2 Å². The summed E-state index contributed by atoms with van der Waals surface area (Å²) in [4.78, 5) is 25.8. The lowest BCUT2D eigenvalue weighted by atomic mass is 10.1. The van der Waals surface area contributed by atoms with E-state index in [-0.39, 0.29) is 18.4 Å². The minimum Gasteiger partial charge on any atom is -0.493 e. The number of ether oxygens (including phenoxy) is 2. The van der Waals surface area contributed by atoms with Crippen LogP contribution in [0.25, 0.3) is 0 Å². The van der Waals surface area contributed by atoms with Gasteiger partial charge in [-0.1, -0.05) is 30.3 Å². The number of benzene rings is 2. The summed E-state index contributed by atoms with van der Waals surface area (Å²) < 4.78 is 10.9. The van der Waals surface area contributed by atoms with Crippen LogP contribution in [0, 0.1) is 6.92 Å². The molecule has 0 radical (unpaired) electrons. The summed E-state index contributed by atoms with van der Waals surface area (Å²) in [5.41, 5.74) is 3.12. The number of aryl methyl sites for hydroxylation is 1. The average molecular weight is 382 g/mol. The fourth-order valence-electron chi connectivity index (χ4n) is 3.22. The molecular weight excluding hydrogens is 356 g/mol. The SMILES string of the molecule is COc1cc(C)ccc1OCC(=O)NCc1cccc(CN2CCCC2=O)c1. The molecule has 2 aromatic carbocycles. The van der Waals surface area contributed by atoms with E-state index in [1.165, 1.54) is 0 Å². The van der Waals surface area contributed by atoms with Gasteiger partial charge in [-0.15, -0.1) is 0 Å². The quantitative estimate of drug-likeness (QED) is 0.762. The number of nitrogens with one attached hydrogen (secondary N) is 1. The van der Waals surface area contributed by atoms with Crippen LogP contribution in [0.1, 0.15) is 29.5 Å². The number of likely N-dealkylation sites (tertiary alicyclic amines) is 1. The van der Waals surface area contributed by atoms with Gasteiger partial charge in [0.05, 0.1) is 7.11 Å². The molecule has 1 heterocycles. The van der Waals surface area contributed by atoms with Crippen LogP contribution in [0.5, 0.6) is 11.5 Å². The van der Waals surface area contributed by atoms with Crippen molar-refractivity contribution >= 4 is 11.8 Å². The fraction of sp³-hybridized carbons (Fsp3) is 0.364. The van der Waals surface area contributed by atoms with Crippen LogP contribution in [0.2, 0.25) is 0 Å². The minimum atomic E-state index is -0.206. The molecule has 1 saturated heterocycles. The predicted molar refractivity (Wildman–Crippen MR) is 106 cm³/mol. The second-order valence-electron chi connectivity index (χ2n) is 6.96. The van der Waals surface area contributed by atoms with E-state index >= 15 is 0 Å². The van der Waals surface area contributed by atoms with Crippen molar-refractivity contribution in [2.45, 2.75) is 32.9 Å². The molecule has 1 fully saturated rings. The van der Waals surface area contributed by atoms with E-state index in [4.69, 9.17) is 9.47 Å². The number of rotatable bonds is 8. The van der Waals surface area contributed by atoms with E-state index in [9.17, 15) is 9.59 Å². The molecule has 6 nitrogen and oxygen atoms in total. The van der Waals surface area contributed by atoms with E-state index < -0.39 is 0 Å². The number of amides is 2. The van der Waals surface area contributed by atoms with Gasteiger partial charge in [0.15, 0.2) is 18.1 Å². The van der Waals surface area contributed by atoms with Crippen LogP contribution in [0.4, 0.5) is 0 Å². The van der Waals surface area contributed by atoms with Gasteiger partial charge in [-0.25, -0.2) is 0 Å². The fourth-order valence-corrected chi connectivity index (χ4v) is 3.22. The Balaban J connectivity index is 1.49. The highest BCUT2D eigenvalue weighted by Crippen LogP contribution is 2.27. The molecule has 28 heavy (non-hydrogen) atoms. The molecule has 148 valence electrons. The van der Waals surface area contributed by atoms with Crippen LogP contribution in [-0.2, 0) is 22.7 Å². The Hall–Kier alpha value is -3.02. The predicted octanol–water partition coefficient (Wildman–Crippen LogP) is 2.82. The largest absolute Gasteiger partial charge is 0.493 e. The van der Waals surface area contributed by atoms with Gasteiger partial charge >= 0.3 is 0 Å². The van der Waals surface area contributed by atoms with E-state index in [1.54, 1.807) is 13.2 Å². The molecule has 2 amide bonds. The van der Waals surface area contributed by atoms with Gasteiger partial charge in [0.2, 0.25) is 5.91 Å². The highest BCUT2D eigenvalue weighted by atomic mass is 16.5. The molecule has 0 aromatic heterocycles. The molecule has 0 unspecified atom stereocenters. The summed E-state index contributed by atoms with van der Waals surface area (Å²) in [7, 11) is 1.57. The molecule has 0 bridgehead atoms. The van der Waals surface area contributed by atoms with Crippen LogP contribution >= 0.6 is 0 Å². The second kappa shape index (κ2) is 9.26. The zero-order valence-corrected chi connectivity index (χ0v) is 16.4. The molecule has 1 aliphatic heterocycles. The van der Waals surface area contributed by atoms with Gasteiger partial charge in [0, 0.05) is 26.1 Å². The Kier molecular flexibility index (Phi) is 6.53. The van der Waals surface area contributed by atoms with Crippen molar-refractivity contribution in [3.63, 3.8) is 0 Å². The Morgan fingerprint density at radius 1 is 1.14 bits per heavy atom. The number of nitrogens with zero attached hydrogens (tertiary/aromatic N) is 1. The van der Waals surface area contributed by atoms with Crippen molar-refractivity contribution in [1.82, 2.24) is 10.2 Å². The molecule has 0 saturated carbocycles. The summed E-state index contributed by atoms with van der Waals surface area (Å²) in [5, 5.41) is 2.86. The van der Waals surface area contributed by atoms with Crippen molar-refractivity contribution < 1.29 is 19.1 Å². The number of carbonyl (C=O) groups excluding carboxylic acids is 2. The lowest BCUT2D eigenvalue weighted by Crippen LogP contribution is -2.28. The molecule has 1 N–H and O–H groups in total. The summed E-state index contributed by atoms with van der Waals surface area (Å²) >= 11 is 0. The zero-order valence-electron chi connectivity index (χ0n) is 16.4. The maximum absolute atomic E-state index is 12.1. The Morgan fingerprint density at radius 2 is 1.96 bits per heavy atom. The second-order valence-corrected chi connectivity index (χ2v) is 6.96. The topological polar surface area (TPSA) is 67.9 Å². The maximum atomic E-state index is 12.1. The third-order valence-electron chi connectivity index (χ3n) is 4.70. The maximum Gasteiger partial charge on any atom is 0.258 e. The van der Waals surface area contributed by atoms with Crippen molar-refractivity contribution in [2.75, 3.05) is 20.3 Å². The molecule has 2 aromatic rings. The van der Waals surface area contributed by atoms with Crippen LogP contribution in [0.3, 0.4) is 0 Å². The summed E-state index contributed by atoms with van der Waals surface area (Å²) in [6.07, 6.45) is 1.57. The number of hydrogen-bond acceptors (Lipinski definition) is 4. The Morgan fingerprint density at radius 3 is 2.71 bits per heavy atom. The average Bonchev–Trinajstić information content (AvgIpc) is 3.10. The van der Waals surface area contributed by atoms with Gasteiger partial charge in [-0.3, -0.25) is 9.59 Å². The first-order chi connectivity index (χ1) is 13.5. The van der Waals surface area contributed by atoms with Gasteiger partial charge in [-0.2, -0.15) is 0 Å². The molecular formula is C22H26N2O4. The summed E-state index contributed by atoms with van der Waals surface area (Å²) in [6.45, 7) is 3.74. The van der Waals surface area contributed by atoms with E-state index in [2.05, 4.69) is 5.32 Å². The van der Waals surface area contributed by atoms with Gasteiger partial charge < -0.3 is 19.7 Å². The third-order valence-corrected chi connectivity index (χ3v) is 4.70. The summed E-state index contributed by atoms with van der Waals surface area (Å²) in [6, 6.07) is 13.5. The number of carbonyl (C=O) groups is 2. The Labute approximate surface area is 165 Å². The van der Waals surface area contributed by atoms with Crippen molar-refractivity contribution in [3.8, 4) is 11.5 Å². The van der Waals surface area contributed by atoms with E-state index in [1.807, 2.05) is 48.2 Å². The first kappa shape index (κ1) is 19.7. The molecule has 0 aliphatic carbocycles.